The van der Waals surface area contributed by atoms with E-state index in [2.05, 4.69) is 5.10 Å². The molecule has 0 aromatic carbocycles. The second-order valence-electron chi connectivity index (χ2n) is 4.21. The number of rotatable bonds is 5. The normalized spacial score (nSPS) is 14.0. The standard InChI is InChI=1S/C10H19N3O2S/c1-8-7-10(13(2)12-8)9(11)5-4-6-16(3,14)15/h7,9H,4-6,11H2,1-3H3. The molecule has 0 aliphatic rings. The van der Waals surface area contributed by atoms with Gasteiger partial charge in [0.25, 0.3) is 0 Å². The van der Waals surface area contributed by atoms with Crippen molar-refractivity contribution in [2.24, 2.45) is 12.8 Å². The minimum Gasteiger partial charge on any atom is -0.323 e. The van der Waals surface area contributed by atoms with E-state index in [1.807, 2.05) is 20.0 Å². The number of nitrogens with two attached hydrogens (primary N) is 1. The quantitative estimate of drug-likeness (QED) is 0.822. The molecule has 0 amide bonds. The molecule has 0 fully saturated rings. The Balaban J connectivity index is 2.53. The lowest BCUT2D eigenvalue weighted by atomic mass is 10.1. The second kappa shape index (κ2) is 4.97. The second-order valence-corrected chi connectivity index (χ2v) is 6.47. The van der Waals surface area contributed by atoms with Gasteiger partial charge in [-0.05, 0) is 25.8 Å². The number of nitrogens with zero attached hydrogens (tertiary/aromatic N) is 2. The van der Waals surface area contributed by atoms with Crippen molar-refractivity contribution in [1.82, 2.24) is 9.78 Å². The molecule has 0 aliphatic heterocycles. The van der Waals surface area contributed by atoms with Gasteiger partial charge in [0.1, 0.15) is 9.84 Å². The first-order valence-corrected chi connectivity index (χ1v) is 7.29. The zero-order valence-electron chi connectivity index (χ0n) is 9.97. The summed E-state index contributed by atoms with van der Waals surface area (Å²) in [5, 5.41) is 4.21. The van der Waals surface area contributed by atoms with Crippen LogP contribution in [0.3, 0.4) is 0 Å². The topological polar surface area (TPSA) is 78.0 Å². The first-order chi connectivity index (χ1) is 7.29. The summed E-state index contributed by atoms with van der Waals surface area (Å²) in [6, 6.07) is 1.79. The molecule has 92 valence electrons. The Bertz CT molecular complexity index is 451. The summed E-state index contributed by atoms with van der Waals surface area (Å²) >= 11 is 0. The van der Waals surface area contributed by atoms with Gasteiger partial charge in [-0.3, -0.25) is 4.68 Å². The van der Waals surface area contributed by atoms with E-state index in [4.69, 9.17) is 5.73 Å². The van der Waals surface area contributed by atoms with E-state index in [0.29, 0.717) is 12.8 Å². The van der Waals surface area contributed by atoms with Crippen molar-refractivity contribution in [2.75, 3.05) is 12.0 Å². The van der Waals surface area contributed by atoms with Gasteiger partial charge in [0.15, 0.2) is 0 Å². The van der Waals surface area contributed by atoms with Gasteiger partial charge in [-0.25, -0.2) is 8.42 Å². The summed E-state index contributed by atoms with van der Waals surface area (Å²) in [7, 11) is -1.04. The van der Waals surface area contributed by atoms with Gasteiger partial charge < -0.3 is 5.73 Å². The Hall–Kier alpha value is -0.880. The molecule has 1 aromatic rings. The fourth-order valence-electron chi connectivity index (χ4n) is 1.69. The maximum atomic E-state index is 11.0. The van der Waals surface area contributed by atoms with Crippen LogP contribution in [0.4, 0.5) is 0 Å². The Morgan fingerprint density at radius 3 is 2.62 bits per heavy atom. The first kappa shape index (κ1) is 13.2. The van der Waals surface area contributed by atoms with Crippen molar-refractivity contribution in [1.29, 1.82) is 0 Å². The van der Waals surface area contributed by atoms with E-state index in [9.17, 15) is 8.42 Å². The van der Waals surface area contributed by atoms with Crippen LogP contribution in [0, 0.1) is 6.92 Å². The molecule has 16 heavy (non-hydrogen) atoms. The molecule has 6 heteroatoms. The van der Waals surface area contributed by atoms with Crippen LogP contribution in [0.1, 0.15) is 30.3 Å². The van der Waals surface area contributed by atoms with E-state index in [-0.39, 0.29) is 11.8 Å². The van der Waals surface area contributed by atoms with Gasteiger partial charge in [-0.1, -0.05) is 0 Å². The smallest absolute Gasteiger partial charge is 0.147 e. The van der Waals surface area contributed by atoms with Crippen molar-refractivity contribution in [3.63, 3.8) is 0 Å². The van der Waals surface area contributed by atoms with Crippen LogP contribution in [0.2, 0.25) is 0 Å². The van der Waals surface area contributed by atoms with Crippen LogP contribution in [0.25, 0.3) is 0 Å². The summed E-state index contributed by atoms with van der Waals surface area (Å²) in [4.78, 5) is 0. The Morgan fingerprint density at radius 2 is 2.19 bits per heavy atom. The van der Waals surface area contributed by atoms with Gasteiger partial charge in [0.05, 0.1) is 11.4 Å². The van der Waals surface area contributed by atoms with Crippen molar-refractivity contribution in [2.45, 2.75) is 25.8 Å². The minimum atomic E-state index is -2.88. The molecule has 1 heterocycles. The molecule has 0 aliphatic carbocycles. The van der Waals surface area contributed by atoms with Crippen molar-refractivity contribution in [3.05, 3.63) is 17.5 Å². The lowest BCUT2D eigenvalue weighted by Crippen LogP contribution is -2.16. The van der Waals surface area contributed by atoms with Gasteiger partial charge in [0.2, 0.25) is 0 Å². The van der Waals surface area contributed by atoms with Crippen molar-refractivity contribution in [3.8, 4) is 0 Å². The summed E-state index contributed by atoms with van der Waals surface area (Å²) in [6.07, 6.45) is 2.49. The Morgan fingerprint density at radius 1 is 1.56 bits per heavy atom. The minimum absolute atomic E-state index is 0.145. The molecule has 0 saturated carbocycles. The molecule has 1 atom stereocenters. The van der Waals surface area contributed by atoms with Gasteiger partial charge in [-0.15, -0.1) is 0 Å². The molecule has 5 nitrogen and oxygen atoms in total. The number of sulfone groups is 1. The predicted octanol–water partition coefficient (Wildman–Crippen LogP) is 0.553. The SMILES string of the molecule is Cc1cc(C(N)CCCS(C)(=O)=O)n(C)n1. The zero-order valence-corrected chi connectivity index (χ0v) is 10.8. The molecule has 0 radical (unpaired) electrons. The average Bonchev–Trinajstić information content (AvgIpc) is 2.43. The highest BCUT2D eigenvalue weighted by Crippen LogP contribution is 2.16. The summed E-state index contributed by atoms with van der Waals surface area (Å²) in [5.74, 6) is 0.192. The Kier molecular flexibility index (Phi) is 4.09. The molecular formula is C10H19N3O2S. The third-order valence-electron chi connectivity index (χ3n) is 2.45. The molecule has 2 N–H and O–H groups in total. The predicted molar refractivity (Wildman–Crippen MR) is 63.8 cm³/mol. The van der Waals surface area contributed by atoms with E-state index >= 15 is 0 Å². The van der Waals surface area contributed by atoms with Gasteiger partial charge in [0, 0.05) is 25.1 Å². The molecule has 1 unspecified atom stereocenters. The number of hydrogen-bond donors (Lipinski definition) is 1. The number of hydrogen-bond acceptors (Lipinski definition) is 4. The molecular weight excluding hydrogens is 226 g/mol. The first-order valence-electron chi connectivity index (χ1n) is 5.23. The van der Waals surface area contributed by atoms with Crippen LogP contribution in [-0.2, 0) is 16.9 Å². The average molecular weight is 245 g/mol. The van der Waals surface area contributed by atoms with E-state index in [1.165, 1.54) is 6.26 Å². The lowest BCUT2D eigenvalue weighted by Gasteiger charge is -2.11. The zero-order chi connectivity index (χ0) is 12.3. The highest BCUT2D eigenvalue weighted by Gasteiger charge is 2.12. The maximum Gasteiger partial charge on any atom is 0.147 e. The van der Waals surface area contributed by atoms with E-state index in [0.717, 1.165) is 11.4 Å². The summed E-state index contributed by atoms with van der Waals surface area (Å²) in [6.45, 7) is 1.91. The highest BCUT2D eigenvalue weighted by molar-refractivity contribution is 7.90. The van der Waals surface area contributed by atoms with Crippen LogP contribution >= 0.6 is 0 Å². The van der Waals surface area contributed by atoms with Crippen LogP contribution in [0.5, 0.6) is 0 Å². The van der Waals surface area contributed by atoms with Gasteiger partial charge >= 0.3 is 0 Å². The third kappa shape index (κ3) is 3.94. The van der Waals surface area contributed by atoms with Crippen LogP contribution in [0.15, 0.2) is 6.07 Å². The Labute approximate surface area is 96.6 Å². The third-order valence-corrected chi connectivity index (χ3v) is 3.48. The van der Waals surface area contributed by atoms with Crippen LogP contribution in [-0.4, -0.2) is 30.2 Å². The van der Waals surface area contributed by atoms with Crippen molar-refractivity contribution >= 4 is 9.84 Å². The van der Waals surface area contributed by atoms with E-state index in [1.54, 1.807) is 4.68 Å². The monoisotopic (exact) mass is 245 g/mol. The summed E-state index contributed by atoms with van der Waals surface area (Å²) < 4.78 is 23.7. The fourth-order valence-corrected chi connectivity index (χ4v) is 2.38. The maximum absolute atomic E-state index is 11.0. The van der Waals surface area contributed by atoms with E-state index < -0.39 is 9.84 Å². The van der Waals surface area contributed by atoms with Crippen LogP contribution < -0.4 is 5.73 Å². The number of aryl methyl sites for hydroxylation is 2. The molecule has 1 aromatic heterocycles. The largest absolute Gasteiger partial charge is 0.323 e. The summed E-state index contributed by atoms with van der Waals surface area (Å²) in [5.41, 5.74) is 7.86. The van der Waals surface area contributed by atoms with Gasteiger partial charge in [-0.2, -0.15) is 5.10 Å². The molecule has 1 rings (SSSR count). The fraction of sp³-hybridized carbons (Fsp3) is 0.700. The molecule has 0 bridgehead atoms. The molecule has 0 spiro atoms. The molecule has 0 saturated heterocycles. The number of aromatic nitrogens is 2. The lowest BCUT2D eigenvalue weighted by molar-refractivity contribution is 0.564. The highest BCUT2D eigenvalue weighted by atomic mass is 32.2. The van der Waals surface area contributed by atoms with Crippen molar-refractivity contribution < 1.29 is 8.42 Å².